The maximum absolute atomic E-state index is 13.6. The Balaban J connectivity index is 1.46. The summed E-state index contributed by atoms with van der Waals surface area (Å²) >= 11 is 0.942. The van der Waals surface area contributed by atoms with Gasteiger partial charge >= 0.3 is 0 Å². The Morgan fingerprint density at radius 2 is 1.52 bits per heavy atom. The molecular weight excluding hydrogens is 532 g/mol. The summed E-state index contributed by atoms with van der Waals surface area (Å²) in [5.74, 6) is 0.896. The van der Waals surface area contributed by atoms with Crippen molar-refractivity contribution in [3.63, 3.8) is 0 Å². The van der Waals surface area contributed by atoms with Crippen LogP contribution in [0.4, 0.5) is 11.4 Å². The zero-order chi connectivity index (χ0) is 28.2. The molecule has 0 spiro atoms. The van der Waals surface area contributed by atoms with Crippen LogP contribution < -0.4 is 30.4 Å². The van der Waals surface area contributed by atoms with E-state index in [-0.39, 0.29) is 15.5 Å². The number of nitrogens with zero attached hydrogens (tertiary/aromatic N) is 2. The molecule has 3 aromatic carbocycles. The molecule has 0 fully saturated rings. The second-order valence-electron chi connectivity index (χ2n) is 8.55. The molecule has 0 saturated carbocycles. The van der Waals surface area contributed by atoms with Crippen molar-refractivity contribution < 1.29 is 23.8 Å². The first-order valence-corrected chi connectivity index (χ1v) is 12.9. The molecule has 0 bridgehead atoms. The molecule has 0 radical (unpaired) electrons. The lowest BCUT2D eigenvalue weighted by Gasteiger charge is -2.12. The fourth-order valence-electron chi connectivity index (χ4n) is 3.95. The molecule has 0 unspecified atom stereocenters. The highest BCUT2D eigenvalue weighted by Crippen LogP contribution is 2.31. The van der Waals surface area contributed by atoms with Gasteiger partial charge in [-0.25, -0.2) is 9.38 Å². The summed E-state index contributed by atoms with van der Waals surface area (Å²) in [5.41, 5.74) is 0.656. The number of fused-ring (bicyclic) bond motifs is 1. The summed E-state index contributed by atoms with van der Waals surface area (Å²) < 4.78 is 17.5. The van der Waals surface area contributed by atoms with E-state index in [1.807, 2.05) is 30.3 Å². The number of benzene rings is 3. The van der Waals surface area contributed by atoms with Gasteiger partial charge in [0.2, 0.25) is 0 Å². The second-order valence-corrected chi connectivity index (χ2v) is 9.53. The van der Waals surface area contributed by atoms with E-state index in [1.165, 1.54) is 20.3 Å². The van der Waals surface area contributed by atoms with Crippen molar-refractivity contribution in [2.75, 3.05) is 24.9 Å². The minimum Gasteiger partial charge on any atom is -0.497 e. The molecule has 2 aromatic heterocycles. The molecular formula is C29H24N4O6S. The number of thiazole rings is 1. The van der Waals surface area contributed by atoms with Crippen molar-refractivity contribution in [3.05, 3.63) is 105 Å². The summed E-state index contributed by atoms with van der Waals surface area (Å²) in [6.07, 6.45) is 0. The summed E-state index contributed by atoms with van der Waals surface area (Å²) in [6, 6.07) is 22.3. The normalized spacial score (nSPS) is 10.7. The molecule has 0 saturated heterocycles. The van der Waals surface area contributed by atoms with Crippen LogP contribution in [0.5, 0.6) is 23.0 Å². The van der Waals surface area contributed by atoms with Crippen molar-refractivity contribution in [1.29, 1.82) is 0 Å². The van der Waals surface area contributed by atoms with Crippen molar-refractivity contribution in [2.45, 2.75) is 6.92 Å². The number of anilines is 2. The van der Waals surface area contributed by atoms with E-state index in [0.717, 1.165) is 15.7 Å². The number of aromatic nitrogens is 2. The van der Waals surface area contributed by atoms with Gasteiger partial charge in [-0.05, 0) is 55.5 Å². The van der Waals surface area contributed by atoms with Gasteiger partial charge in [0, 0.05) is 23.5 Å². The molecule has 0 aliphatic rings. The number of aryl methyl sites for hydroxylation is 1. The van der Waals surface area contributed by atoms with Crippen molar-refractivity contribution >= 4 is 39.5 Å². The number of nitrogens with one attached hydrogen (secondary N) is 2. The van der Waals surface area contributed by atoms with E-state index in [4.69, 9.17) is 14.2 Å². The van der Waals surface area contributed by atoms with Crippen LogP contribution in [0.2, 0.25) is 0 Å². The third-order valence-corrected chi connectivity index (χ3v) is 6.86. The molecule has 202 valence electrons. The van der Waals surface area contributed by atoms with E-state index in [1.54, 1.807) is 49.4 Å². The number of amides is 2. The fourth-order valence-corrected chi connectivity index (χ4v) is 5.02. The van der Waals surface area contributed by atoms with Gasteiger partial charge in [-0.3, -0.25) is 14.4 Å². The van der Waals surface area contributed by atoms with E-state index < -0.39 is 17.4 Å². The topological polar surface area (TPSA) is 120 Å². The molecule has 0 aliphatic carbocycles. The average molecular weight is 557 g/mol. The first-order chi connectivity index (χ1) is 19.4. The lowest BCUT2D eigenvalue weighted by molar-refractivity contribution is 0.0989. The monoisotopic (exact) mass is 556 g/mol. The van der Waals surface area contributed by atoms with Gasteiger partial charge in [-0.15, -0.1) is 0 Å². The van der Waals surface area contributed by atoms with Crippen LogP contribution >= 0.6 is 11.3 Å². The SMILES string of the molecule is COc1ccc(NC(=O)c2c(C(=O)Nc3ccc(Oc4ccccc4)cc3)sc3nc(C)cc(=O)n23)c(OC)c1. The molecule has 2 amide bonds. The third-order valence-electron chi connectivity index (χ3n) is 5.82. The van der Waals surface area contributed by atoms with Crippen LogP contribution in [0.1, 0.15) is 25.9 Å². The predicted octanol–water partition coefficient (Wildman–Crippen LogP) is 5.38. The Kier molecular flexibility index (Phi) is 7.47. The van der Waals surface area contributed by atoms with Crippen LogP contribution in [0.15, 0.2) is 83.7 Å². The minimum absolute atomic E-state index is 0.0183. The largest absolute Gasteiger partial charge is 0.497 e. The maximum atomic E-state index is 13.6. The molecule has 5 rings (SSSR count). The van der Waals surface area contributed by atoms with Crippen LogP contribution in [0.25, 0.3) is 4.96 Å². The first-order valence-electron chi connectivity index (χ1n) is 12.1. The lowest BCUT2D eigenvalue weighted by Crippen LogP contribution is -2.25. The van der Waals surface area contributed by atoms with Crippen molar-refractivity contribution in [2.24, 2.45) is 0 Å². The summed E-state index contributed by atoms with van der Waals surface area (Å²) in [4.78, 5) is 44.5. The number of methoxy groups -OCH3 is 2. The van der Waals surface area contributed by atoms with Crippen molar-refractivity contribution in [3.8, 4) is 23.0 Å². The highest BCUT2D eigenvalue weighted by molar-refractivity contribution is 7.19. The molecule has 40 heavy (non-hydrogen) atoms. The molecule has 10 nitrogen and oxygen atoms in total. The lowest BCUT2D eigenvalue weighted by atomic mass is 10.2. The van der Waals surface area contributed by atoms with Crippen LogP contribution in [0.3, 0.4) is 0 Å². The summed E-state index contributed by atoms with van der Waals surface area (Å²) in [6.45, 7) is 1.67. The molecule has 11 heteroatoms. The number of hydrogen-bond acceptors (Lipinski definition) is 8. The van der Waals surface area contributed by atoms with Crippen LogP contribution in [0, 0.1) is 6.92 Å². The Bertz CT molecular complexity index is 1760. The Labute approximate surface area is 232 Å². The Morgan fingerprint density at radius 3 is 2.23 bits per heavy atom. The standard InChI is InChI=1S/C29H24N4O6S/c1-17-15-24(34)33-25(27(35)32-22-14-13-21(37-2)16-23(22)38-3)26(40-29(33)30-17)28(36)31-18-9-11-20(12-10-18)39-19-7-5-4-6-8-19/h4-16H,1-3H3,(H,31,36)(H,32,35). The second kappa shape index (κ2) is 11.3. The number of para-hydroxylation sites is 1. The highest BCUT2D eigenvalue weighted by atomic mass is 32.1. The summed E-state index contributed by atoms with van der Waals surface area (Å²) in [7, 11) is 2.97. The van der Waals surface area contributed by atoms with E-state index in [0.29, 0.717) is 40.1 Å². The molecule has 0 aliphatic heterocycles. The van der Waals surface area contributed by atoms with E-state index in [9.17, 15) is 14.4 Å². The van der Waals surface area contributed by atoms with Gasteiger partial charge in [0.15, 0.2) is 4.96 Å². The zero-order valence-electron chi connectivity index (χ0n) is 21.8. The smallest absolute Gasteiger partial charge is 0.274 e. The van der Waals surface area contributed by atoms with Crippen molar-refractivity contribution in [1.82, 2.24) is 9.38 Å². The van der Waals surface area contributed by atoms with Gasteiger partial charge in [0.25, 0.3) is 17.4 Å². The maximum Gasteiger partial charge on any atom is 0.274 e. The fraction of sp³-hybridized carbons (Fsp3) is 0.103. The minimum atomic E-state index is -0.681. The number of rotatable bonds is 8. The molecule has 2 heterocycles. The van der Waals surface area contributed by atoms with Crippen LogP contribution in [-0.2, 0) is 0 Å². The molecule has 2 N–H and O–H groups in total. The number of carbonyl (C=O) groups excluding carboxylic acids is 2. The quantitative estimate of drug-likeness (QED) is 0.263. The van der Waals surface area contributed by atoms with Gasteiger partial charge in [-0.2, -0.15) is 0 Å². The van der Waals surface area contributed by atoms with E-state index >= 15 is 0 Å². The molecule has 5 aromatic rings. The van der Waals surface area contributed by atoms with Crippen LogP contribution in [-0.4, -0.2) is 35.4 Å². The molecule has 0 atom stereocenters. The highest BCUT2D eigenvalue weighted by Gasteiger charge is 2.27. The van der Waals surface area contributed by atoms with Gasteiger partial charge in [0.1, 0.15) is 33.6 Å². The van der Waals surface area contributed by atoms with Gasteiger partial charge in [-0.1, -0.05) is 29.5 Å². The predicted molar refractivity (Wildman–Crippen MR) is 152 cm³/mol. The Morgan fingerprint density at radius 1 is 0.825 bits per heavy atom. The van der Waals surface area contributed by atoms with E-state index in [2.05, 4.69) is 15.6 Å². The third kappa shape index (κ3) is 5.49. The number of hydrogen-bond donors (Lipinski definition) is 2. The number of ether oxygens (including phenoxy) is 3. The average Bonchev–Trinajstić information content (AvgIpc) is 3.35. The first kappa shape index (κ1) is 26.4. The Hall–Kier alpha value is -5.16. The number of carbonyl (C=O) groups is 2. The summed E-state index contributed by atoms with van der Waals surface area (Å²) in [5, 5.41) is 5.53. The zero-order valence-corrected chi connectivity index (χ0v) is 22.6. The van der Waals surface area contributed by atoms with Gasteiger partial charge in [0.05, 0.1) is 19.9 Å². The van der Waals surface area contributed by atoms with Gasteiger partial charge < -0.3 is 24.8 Å².